The molecule has 1 aliphatic rings. The van der Waals surface area contributed by atoms with Crippen LogP contribution < -0.4 is 9.64 Å². The number of benzene rings is 2. The van der Waals surface area contributed by atoms with Gasteiger partial charge >= 0.3 is 5.91 Å². The van der Waals surface area contributed by atoms with Crippen LogP contribution in [0.5, 0.6) is 5.75 Å². The molecular formula is C22H17FN2O5. The molecule has 3 aromatic rings. The Hall–Kier alpha value is -3.94. The van der Waals surface area contributed by atoms with Gasteiger partial charge in [-0.15, -0.1) is 0 Å². The molecule has 1 saturated heterocycles. The average molecular weight is 408 g/mol. The van der Waals surface area contributed by atoms with Gasteiger partial charge in [0.25, 0.3) is 5.78 Å². The highest BCUT2D eigenvalue weighted by molar-refractivity contribution is 6.51. The van der Waals surface area contributed by atoms with E-state index in [1.54, 1.807) is 31.2 Å². The summed E-state index contributed by atoms with van der Waals surface area (Å²) in [6, 6.07) is 12.4. The van der Waals surface area contributed by atoms with Crippen molar-refractivity contribution in [1.29, 1.82) is 0 Å². The van der Waals surface area contributed by atoms with E-state index in [0.717, 1.165) is 4.90 Å². The lowest BCUT2D eigenvalue weighted by molar-refractivity contribution is -0.132. The molecule has 1 amide bonds. The van der Waals surface area contributed by atoms with Crippen molar-refractivity contribution < 1.29 is 28.3 Å². The summed E-state index contributed by atoms with van der Waals surface area (Å²) in [5.41, 5.74) is 0.0471. The Labute approximate surface area is 171 Å². The highest BCUT2D eigenvalue weighted by atomic mass is 19.1. The molecule has 2 aromatic carbocycles. The van der Waals surface area contributed by atoms with Gasteiger partial charge in [0.2, 0.25) is 0 Å². The van der Waals surface area contributed by atoms with Crippen LogP contribution in [0.1, 0.15) is 22.9 Å². The third-order valence-electron chi connectivity index (χ3n) is 4.85. The molecule has 0 radical (unpaired) electrons. The molecular weight excluding hydrogens is 391 g/mol. The lowest BCUT2D eigenvalue weighted by atomic mass is 9.95. The second kappa shape index (κ2) is 7.47. The number of carbonyl (C=O) groups is 2. The van der Waals surface area contributed by atoms with Gasteiger partial charge in [-0.1, -0.05) is 35.5 Å². The Kier molecular flexibility index (Phi) is 4.83. The second-order valence-electron chi connectivity index (χ2n) is 6.72. The smallest absolute Gasteiger partial charge is 0.301 e. The number of amides is 1. The third-order valence-corrected chi connectivity index (χ3v) is 4.85. The predicted octanol–water partition coefficient (Wildman–Crippen LogP) is 3.76. The fourth-order valence-electron chi connectivity index (χ4n) is 3.45. The van der Waals surface area contributed by atoms with Crippen molar-refractivity contribution in [1.82, 2.24) is 5.16 Å². The first kappa shape index (κ1) is 19.4. The molecule has 30 heavy (non-hydrogen) atoms. The molecule has 0 saturated carbocycles. The summed E-state index contributed by atoms with van der Waals surface area (Å²) in [5.74, 6) is -2.07. The largest absolute Gasteiger partial charge is 0.507 e. The van der Waals surface area contributed by atoms with Crippen molar-refractivity contribution in [2.75, 3.05) is 12.0 Å². The minimum Gasteiger partial charge on any atom is -0.507 e. The number of aliphatic hydroxyl groups excluding tert-OH is 1. The van der Waals surface area contributed by atoms with Crippen LogP contribution in [0.15, 0.2) is 64.7 Å². The normalized spacial score (nSPS) is 18.1. The summed E-state index contributed by atoms with van der Waals surface area (Å²) < 4.78 is 24.9. The first-order valence-corrected chi connectivity index (χ1v) is 9.05. The molecule has 1 N–H and O–H groups in total. The standard InChI is InChI=1S/C22H17FN2O5/c1-12-10-17(24-30-12)25-19(15-8-3-4-9-16(15)23)18(21(27)22(25)28)20(26)13-6-5-7-14(11-13)29-2/h3-11,19,26H,1-2H3/t19-/m0/s1. The predicted molar refractivity (Wildman–Crippen MR) is 105 cm³/mol. The minimum atomic E-state index is -1.22. The van der Waals surface area contributed by atoms with Gasteiger partial charge in [-0.3, -0.25) is 14.5 Å². The Morgan fingerprint density at radius 3 is 2.60 bits per heavy atom. The first-order chi connectivity index (χ1) is 14.4. The summed E-state index contributed by atoms with van der Waals surface area (Å²) in [5, 5.41) is 14.8. The van der Waals surface area contributed by atoms with E-state index in [1.165, 1.54) is 37.4 Å². The number of methoxy groups -OCH3 is 1. The van der Waals surface area contributed by atoms with E-state index >= 15 is 0 Å². The molecule has 0 spiro atoms. The van der Waals surface area contributed by atoms with Crippen LogP contribution in [0.25, 0.3) is 5.76 Å². The number of carbonyl (C=O) groups excluding carboxylic acids is 2. The molecule has 0 bridgehead atoms. The maximum atomic E-state index is 14.7. The van der Waals surface area contributed by atoms with Crippen molar-refractivity contribution in [3.8, 4) is 5.75 Å². The van der Waals surface area contributed by atoms with Crippen LogP contribution >= 0.6 is 0 Å². The fourth-order valence-corrected chi connectivity index (χ4v) is 3.45. The number of anilines is 1. The van der Waals surface area contributed by atoms with Gasteiger partial charge in [0.1, 0.15) is 23.1 Å². The molecule has 8 heteroatoms. The molecule has 152 valence electrons. The molecule has 2 heterocycles. The zero-order valence-electron chi connectivity index (χ0n) is 16.1. The van der Waals surface area contributed by atoms with Gasteiger partial charge < -0.3 is 14.4 Å². The zero-order valence-corrected chi connectivity index (χ0v) is 16.1. The lowest BCUT2D eigenvalue weighted by Crippen LogP contribution is -2.30. The maximum absolute atomic E-state index is 14.7. The van der Waals surface area contributed by atoms with E-state index in [1.807, 2.05) is 0 Å². The number of aryl methyl sites for hydroxylation is 1. The van der Waals surface area contributed by atoms with Crippen LogP contribution in [0.4, 0.5) is 10.2 Å². The molecule has 1 fully saturated rings. The van der Waals surface area contributed by atoms with Crippen LogP contribution in [0, 0.1) is 12.7 Å². The fraction of sp³-hybridized carbons (Fsp3) is 0.136. The van der Waals surface area contributed by atoms with E-state index in [9.17, 15) is 19.1 Å². The molecule has 0 unspecified atom stereocenters. The van der Waals surface area contributed by atoms with Crippen molar-refractivity contribution in [2.24, 2.45) is 0 Å². The summed E-state index contributed by atoms with van der Waals surface area (Å²) in [7, 11) is 1.46. The molecule has 1 atom stereocenters. The van der Waals surface area contributed by atoms with E-state index < -0.39 is 29.3 Å². The van der Waals surface area contributed by atoms with Gasteiger partial charge in [-0.25, -0.2) is 4.39 Å². The number of nitrogens with zero attached hydrogens (tertiary/aromatic N) is 2. The quantitative estimate of drug-likeness (QED) is 0.401. The lowest BCUT2D eigenvalue weighted by Gasteiger charge is -2.23. The van der Waals surface area contributed by atoms with Crippen LogP contribution in [-0.4, -0.2) is 29.1 Å². The first-order valence-electron chi connectivity index (χ1n) is 9.05. The average Bonchev–Trinajstić information content (AvgIpc) is 3.29. The number of aliphatic hydroxyl groups is 1. The number of ether oxygens (including phenoxy) is 1. The minimum absolute atomic E-state index is 0.0433. The monoisotopic (exact) mass is 408 g/mol. The molecule has 4 rings (SSSR count). The number of Topliss-reactive ketones (excluding diaryl/α,β-unsaturated/α-hetero) is 1. The topological polar surface area (TPSA) is 92.9 Å². The van der Waals surface area contributed by atoms with Crippen molar-refractivity contribution >= 4 is 23.3 Å². The van der Waals surface area contributed by atoms with Gasteiger partial charge in [-0.05, 0) is 25.1 Å². The summed E-state index contributed by atoms with van der Waals surface area (Å²) in [4.78, 5) is 26.9. The Morgan fingerprint density at radius 1 is 1.17 bits per heavy atom. The number of ketones is 1. The van der Waals surface area contributed by atoms with E-state index in [2.05, 4.69) is 5.16 Å². The highest BCUT2D eigenvalue weighted by Gasteiger charge is 2.48. The maximum Gasteiger partial charge on any atom is 0.301 e. The van der Waals surface area contributed by atoms with Gasteiger partial charge in [0.15, 0.2) is 5.82 Å². The second-order valence-corrected chi connectivity index (χ2v) is 6.72. The number of halogens is 1. The SMILES string of the molecule is COc1cccc(C(O)=C2C(=O)C(=O)N(c3cc(C)on3)[C@H]2c2ccccc2F)c1. The van der Waals surface area contributed by atoms with Crippen molar-refractivity contribution in [2.45, 2.75) is 13.0 Å². The summed E-state index contributed by atoms with van der Waals surface area (Å²) >= 11 is 0. The van der Waals surface area contributed by atoms with Gasteiger partial charge in [0, 0.05) is 17.2 Å². The molecule has 1 aromatic heterocycles. The van der Waals surface area contributed by atoms with Crippen LogP contribution in [0.2, 0.25) is 0 Å². The van der Waals surface area contributed by atoms with Crippen LogP contribution in [-0.2, 0) is 9.59 Å². The van der Waals surface area contributed by atoms with Crippen molar-refractivity contribution in [3.63, 3.8) is 0 Å². The highest BCUT2D eigenvalue weighted by Crippen LogP contribution is 2.42. The molecule has 7 nitrogen and oxygen atoms in total. The Morgan fingerprint density at radius 2 is 1.93 bits per heavy atom. The molecule has 0 aliphatic carbocycles. The van der Waals surface area contributed by atoms with E-state index in [4.69, 9.17) is 9.26 Å². The summed E-state index contributed by atoms with van der Waals surface area (Å²) in [6.45, 7) is 1.63. The third kappa shape index (κ3) is 3.12. The molecule has 1 aliphatic heterocycles. The van der Waals surface area contributed by atoms with Gasteiger partial charge in [-0.2, -0.15) is 0 Å². The number of rotatable bonds is 4. The number of hydrogen-bond donors (Lipinski definition) is 1. The van der Waals surface area contributed by atoms with E-state index in [-0.39, 0.29) is 22.5 Å². The van der Waals surface area contributed by atoms with Crippen LogP contribution in [0.3, 0.4) is 0 Å². The summed E-state index contributed by atoms with van der Waals surface area (Å²) in [6.07, 6.45) is 0. The van der Waals surface area contributed by atoms with Gasteiger partial charge in [0.05, 0.1) is 18.7 Å². The van der Waals surface area contributed by atoms with Crippen molar-refractivity contribution in [3.05, 3.63) is 82.9 Å². The zero-order chi connectivity index (χ0) is 21.4. The number of hydrogen-bond acceptors (Lipinski definition) is 6. The Balaban J connectivity index is 1.97. The number of aromatic nitrogens is 1. The Bertz CT molecular complexity index is 1180. The van der Waals surface area contributed by atoms with E-state index in [0.29, 0.717) is 11.5 Å².